The van der Waals surface area contributed by atoms with Gasteiger partial charge in [0.1, 0.15) is 0 Å². The highest BCUT2D eigenvalue weighted by Crippen LogP contribution is 2.16. The zero-order valence-electron chi connectivity index (χ0n) is 11.6. The van der Waals surface area contributed by atoms with E-state index in [1.54, 1.807) is 7.05 Å². The smallest absolute Gasteiger partial charge is 0.320 e. The number of ether oxygens (including phenoxy) is 1. The molecule has 0 saturated carbocycles. The minimum absolute atomic E-state index is 0.0242. The minimum atomic E-state index is -3.29. The van der Waals surface area contributed by atoms with E-state index in [0.29, 0.717) is 13.2 Å². The molecule has 8 nitrogen and oxygen atoms in total. The van der Waals surface area contributed by atoms with Gasteiger partial charge in [0.25, 0.3) is 0 Å². The average molecular weight is 308 g/mol. The number of carbonyl (C=O) groups excluding carboxylic acids is 1. The number of carboxylic acid groups (broad SMARTS) is 1. The molecule has 0 aromatic rings. The fourth-order valence-electron chi connectivity index (χ4n) is 2.05. The lowest BCUT2D eigenvalue weighted by Gasteiger charge is -2.37. The summed E-state index contributed by atoms with van der Waals surface area (Å²) in [5, 5.41) is 8.85. The van der Waals surface area contributed by atoms with Crippen molar-refractivity contribution in [3.05, 3.63) is 0 Å². The van der Waals surface area contributed by atoms with Crippen LogP contribution in [-0.4, -0.2) is 86.7 Å². The van der Waals surface area contributed by atoms with Crippen LogP contribution in [0.2, 0.25) is 0 Å². The molecule has 1 rings (SSSR count). The number of hydrogen-bond donors (Lipinski definition) is 1. The first kappa shape index (κ1) is 16.7. The fraction of sp³-hybridized carbons (Fsp3) is 0.818. The molecular weight excluding hydrogens is 288 g/mol. The molecule has 0 spiro atoms. The van der Waals surface area contributed by atoms with Crippen molar-refractivity contribution in [3.8, 4) is 0 Å². The number of rotatable bonds is 5. The summed E-state index contributed by atoms with van der Waals surface area (Å²) < 4.78 is 28.0. The summed E-state index contributed by atoms with van der Waals surface area (Å²) in [5.41, 5.74) is 0. The molecule has 0 aliphatic carbocycles. The summed E-state index contributed by atoms with van der Waals surface area (Å²) in [6.07, 6.45) is -0.372. The van der Waals surface area contributed by atoms with Crippen molar-refractivity contribution >= 4 is 21.8 Å². The highest BCUT2D eigenvalue weighted by atomic mass is 32.2. The number of amides is 2. The molecule has 1 atom stereocenters. The van der Waals surface area contributed by atoms with Crippen molar-refractivity contribution in [3.63, 3.8) is 0 Å². The number of sulfone groups is 1. The van der Waals surface area contributed by atoms with Crippen LogP contribution < -0.4 is 0 Å². The quantitative estimate of drug-likeness (QED) is 0.717. The average Bonchev–Trinajstić information content (AvgIpc) is 2.33. The van der Waals surface area contributed by atoms with Crippen LogP contribution in [0.4, 0.5) is 4.79 Å². The SMILES string of the molecule is COCCN(C)C(=O)N1CCS(=O)(=O)CC1CC(=O)O. The van der Waals surface area contributed by atoms with E-state index in [0.717, 1.165) is 0 Å². The Labute approximate surface area is 118 Å². The molecule has 0 bridgehead atoms. The summed E-state index contributed by atoms with van der Waals surface area (Å²) >= 11 is 0. The number of aliphatic carboxylic acids is 1. The summed E-state index contributed by atoms with van der Waals surface area (Å²) in [5.74, 6) is -1.56. The van der Waals surface area contributed by atoms with Gasteiger partial charge in [-0.1, -0.05) is 0 Å². The van der Waals surface area contributed by atoms with E-state index in [1.165, 1.54) is 16.9 Å². The standard InChI is InChI=1S/C11H20N2O6S/c1-12(3-5-19-2)11(16)13-4-6-20(17,18)8-9(13)7-10(14)15/h9H,3-8H2,1-2H3,(H,14,15). The highest BCUT2D eigenvalue weighted by Gasteiger charge is 2.36. The van der Waals surface area contributed by atoms with E-state index in [4.69, 9.17) is 9.84 Å². The molecule has 0 aromatic carbocycles. The molecular formula is C11H20N2O6S. The van der Waals surface area contributed by atoms with Crippen molar-refractivity contribution in [1.29, 1.82) is 0 Å². The molecule has 1 unspecified atom stereocenters. The Bertz CT molecular complexity index is 464. The van der Waals surface area contributed by atoms with Gasteiger partial charge in [-0.3, -0.25) is 4.79 Å². The molecule has 1 aliphatic heterocycles. The van der Waals surface area contributed by atoms with Crippen LogP contribution in [0.3, 0.4) is 0 Å². The maximum Gasteiger partial charge on any atom is 0.320 e. The number of methoxy groups -OCH3 is 1. The van der Waals surface area contributed by atoms with Gasteiger partial charge in [-0.25, -0.2) is 13.2 Å². The minimum Gasteiger partial charge on any atom is -0.481 e. The van der Waals surface area contributed by atoms with Gasteiger partial charge in [-0.2, -0.15) is 0 Å². The largest absolute Gasteiger partial charge is 0.481 e. The fourth-order valence-corrected chi connectivity index (χ4v) is 3.58. The van der Waals surface area contributed by atoms with E-state index >= 15 is 0 Å². The van der Waals surface area contributed by atoms with E-state index in [1.807, 2.05) is 0 Å². The Morgan fingerprint density at radius 3 is 2.65 bits per heavy atom. The number of carbonyl (C=O) groups is 2. The van der Waals surface area contributed by atoms with Crippen LogP contribution >= 0.6 is 0 Å². The van der Waals surface area contributed by atoms with Crippen molar-refractivity contribution in [2.75, 3.05) is 45.4 Å². The third-order valence-electron chi connectivity index (χ3n) is 3.14. The Balaban J connectivity index is 2.79. The summed E-state index contributed by atoms with van der Waals surface area (Å²) in [6.45, 7) is 0.743. The van der Waals surface area contributed by atoms with Crippen LogP contribution in [0.1, 0.15) is 6.42 Å². The molecule has 0 aromatic heterocycles. The van der Waals surface area contributed by atoms with Gasteiger partial charge in [0.15, 0.2) is 9.84 Å². The molecule has 2 amide bonds. The Kier molecular flexibility index (Phi) is 5.75. The van der Waals surface area contributed by atoms with Gasteiger partial charge >= 0.3 is 12.0 Å². The molecule has 1 aliphatic rings. The maximum atomic E-state index is 12.2. The third kappa shape index (κ3) is 4.64. The first-order valence-corrected chi connectivity index (χ1v) is 8.02. The van der Waals surface area contributed by atoms with Gasteiger partial charge in [-0.15, -0.1) is 0 Å². The Hall–Kier alpha value is -1.35. The normalized spacial score (nSPS) is 21.5. The lowest BCUT2D eigenvalue weighted by Crippen LogP contribution is -2.55. The monoisotopic (exact) mass is 308 g/mol. The van der Waals surface area contributed by atoms with Crippen molar-refractivity contribution in [1.82, 2.24) is 9.80 Å². The molecule has 1 fully saturated rings. The van der Waals surface area contributed by atoms with Crippen LogP contribution in [0.5, 0.6) is 0 Å². The molecule has 20 heavy (non-hydrogen) atoms. The predicted octanol–water partition coefficient (Wildman–Crippen LogP) is -0.742. The van der Waals surface area contributed by atoms with Crippen molar-refractivity contribution in [2.45, 2.75) is 12.5 Å². The lowest BCUT2D eigenvalue weighted by molar-refractivity contribution is -0.138. The third-order valence-corrected chi connectivity index (χ3v) is 4.84. The predicted molar refractivity (Wildman–Crippen MR) is 71.3 cm³/mol. The molecule has 9 heteroatoms. The van der Waals surface area contributed by atoms with E-state index in [9.17, 15) is 18.0 Å². The molecule has 116 valence electrons. The van der Waals surface area contributed by atoms with Crippen molar-refractivity contribution < 1.29 is 27.9 Å². The second kappa shape index (κ2) is 6.89. The number of hydrogen-bond acceptors (Lipinski definition) is 5. The Morgan fingerprint density at radius 1 is 1.45 bits per heavy atom. The van der Waals surface area contributed by atoms with E-state index in [2.05, 4.69) is 0 Å². The number of urea groups is 1. The van der Waals surface area contributed by atoms with Gasteiger partial charge < -0.3 is 19.6 Å². The first-order valence-electron chi connectivity index (χ1n) is 6.19. The zero-order chi connectivity index (χ0) is 15.3. The highest BCUT2D eigenvalue weighted by molar-refractivity contribution is 7.91. The maximum absolute atomic E-state index is 12.2. The number of likely N-dealkylation sites (N-methyl/N-ethyl adjacent to an activating group) is 1. The van der Waals surface area contributed by atoms with E-state index in [-0.39, 0.29) is 30.5 Å². The van der Waals surface area contributed by atoms with Gasteiger partial charge in [0.05, 0.1) is 30.6 Å². The molecule has 1 saturated heterocycles. The number of nitrogens with zero attached hydrogens (tertiary/aromatic N) is 2. The molecule has 1 heterocycles. The summed E-state index contributed by atoms with van der Waals surface area (Å²) in [7, 11) is -0.202. The summed E-state index contributed by atoms with van der Waals surface area (Å²) in [6, 6.07) is -1.19. The van der Waals surface area contributed by atoms with Crippen LogP contribution in [0.15, 0.2) is 0 Å². The second-order valence-corrected chi connectivity index (χ2v) is 6.99. The molecule has 0 radical (unpaired) electrons. The van der Waals surface area contributed by atoms with Crippen LogP contribution in [0.25, 0.3) is 0 Å². The summed E-state index contributed by atoms with van der Waals surface area (Å²) in [4.78, 5) is 25.8. The van der Waals surface area contributed by atoms with E-state index < -0.39 is 21.8 Å². The number of carboxylic acids is 1. The molecule has 1 N–H and O–H groups in total. The van der Waals surface area contributed by atoms with Crippen molar-refractivity contribution in [2.24, 2.45) is 0 Å². The second-order valence-electron chi connectivity index (χ2n) is 4.76. The van der Waals surface area contributed by atoms with Gasteiger partial charge in [0.2, 0.25) is 0 Å². The zero-order valence-corrected chi connectivity index (χ0v) is 12.4. The van der Waals surface area contributed by atoms with Gasteiger partial charge in [-0.05, 0) is 0 Å². The van der Waals surface area contributed by atoms with Gasteiger partial charge in [0, 0.05) is 27.2 Å². The lowest BCUT2D eigenvalue weighted by atomic mass is 10.2. The first-order chi connectivity index (χ1) is 9.26. The Morgan fingerprint density at radius 2 is 2.10 bits per heavy atom. The van der Waals surface area contributed by atoms with Crippen LogP contribution in [0, 0.1) is 0 Å². The topological polar surface area (TPSA) is 104 Å². The van der Waals surface area contributed by atoms with Crippen LogP contribution in [-0.2, 0) is 19.4 Å².